The van der Waals surface area contributed by atoms with Gasteiger partial charge in [-0.1, -0.05) is 40.5 Å². The number of rotatable bonds is 5. The van der Waals surface area contributed by atoms with Crippen molar-refractivity contribution in [3.63, 3.8) is 0 Å². The van der Waals surface area contributed by atoms with Gasteiger partial charge in [-0.3, -0.25) is 4.79 Å². The lowest BCUT2D eigenvalue weighted by atomic mass is 9.86. The zero-order chi connectivity index (χ0) is 14.5. The van der Waals surface area contributed by atoms with Gasteiger partial charge in [-0.2, -0.15) is 0 Å². The molecule has 1 saturated carbocycles. The Labute approximate surface area is 118 Å². The lowest BCUT2D eigenvalue weighted by Crippen LogP contribution is -2.53. The normalized spacial score (nSPS) is 28.5. The van der Waals surface area contributed by atoms with Crippen molar-refractivity contribution in [1.29, 1.82) is 0 Å². The van der Waals surface area contributed by atoms with Crippen LogP contribution < -0.4 is 5.32 Å². The lowest BCUT2D eigenvalue weighted by molar-refractivity contribution is -0.149. The standard InChI is InChI=1S/C16H31NO2/c1-12(2)11-17-16(15(18)19-5)9-6-7-14(8-10-16)13(3)4/h12-14,17H,6-11H2,1-5H3. The van der Waals surface area contributed by atoms with E-state index < -0.39 is 5.54 Å². The van der Waals surface area contributed by atoms with Crippen LogP contribution in [0.5, 0.6) is 0 Å². The van der Waals surface area contributed by atoms with Gasteiger partial charge in [-0.25, -0.2) is 0 Å². The number of esters is 1. The Kier molecular flexibility index (Phi) is 6.31. The van der Waals surface area contributed by atoms with Gasteiger partial charge >= 0.3 is 5.97 Å². The minimum Gasteiger partial charge on any atom is -0.468 e. The van der Waals surface area contributed by atoms with E-state index in [9.17, 15) is 4.79 Å². The molecule has 19 heavy (non-hydrogen) atoms. The molecule has 0 saturated heterocycles. The molecule has 0 heterocycles. The number of ether oxygens (including phenoxy) is 1. The Balaban J connectivity index is 2.77. The largest absolute Gasteiger partial charge is 0.468 e. The van der Waals surface area contributed by atoms with Crippen LogP contribution in [0.1, 0.15) is 59.8 Å². The first-order chi connectivity index (χ1) is 8.91. The van der Waals surface area contributed by atoms with Crippen LogP contribution in [-0.4, -0.2) is 25.2 Å². The van der Waals surface area contributed by atoms with E-state index in [-0.39, 0.29) is 5.97 Å². The molecule has 1 N–H and O–H groups in total. The summed E-state index contributed by atoms with van der Waals surface area (Å²) in [7, 11) is 1.51. The van der Waals surface area contributed by atoms with Crippen molar-refractivity contribution in [3.05, 3.63) is 0 Å². The quantitative estimate of drug-likeness (QED) is 0.614. The Morgan fingerprint density at radius 3 is 2.47 bits per heavy atom. The molecule has 0 aliphatic heterocycles. The highest BCUT2D eigenvalue weighted by molar-refractivity contribution is 5.80. The third-order valence-electron chi connectivity index (χ3n) is 4.49. The SMILES string of the molecule is COC(=O)C1(NCC(C)C)CCCC(C(C)C)CC1. The highest BCUT2D eigenvalue weighted by Crippen LogP contribution is 2.34. The zero-order valence-electron chi connectivity index (χ0n) is 13.3. The predicted molar refractivity (Wildman–Crippen MR) is 79.0 cm³/mol. The van der Waals surface area contributed by atoms with Crippen LogP contribution in [0.3, 0.4) is 0 Å². The van der Waals surface area contributed by atoms with Crippen molar-refractivity contribution in [2.75, 3.05) is 13.7 Å². The summed E-state index contributed by atoms with van der Waals surface area (Å²) in [5.74, 6) is 1.93. The van der Waals surface area contributed by atoms with E-state index in [1.165, 1.54) is 13.5 Å². The van der Waals surface area contributed by atoms with E-state index in [1.54, 1.807) is 0 Å². The van der Waals surface area contributed by atoms with Gasteiger partial charge in [0.2, 0.25) is 0 Å². The van der Waals surface area contributed by atoms with Crippen molar-refractivity contribution in [3.8, 4) is 0 Å². The average Bonchev–Trinajstić information content (AvgIpc) is 2.59. The molecule has 1 aliphatic carbocycles. The van der Waals surface area contributed by atoms with Gasteiger partial charge in [-0.05, 0) is 43.6 Å². The first kappa shape index (κ1) is 16.5. The van der Waals surface area contributed by atoms with Crippen LogP contribution in [0.4, 0.5) is 0 Å². The number of methoxy groups -OCH3 is 1. The molecule has 0 aromatic heterocycles. The number of hydrogen-bond acceptors (Lipinski definition) is 3. The highest BCUT2D eigenvalue weighted by atomic mass is 16.5. The van der Waals surface area contributed by atoms with Crippen molar-refractivity contribution >= 4 is 5.97 Å². The van der Waals surface area contributed by atoms with Gasteiger partial charge in [0.1, 0.15) is 5.54 Å². The second kappa shape index (κ2) is 7.28. The molecule has 0 radical (unpaired) electrons. The molecular formula is C16H31NO2. The van der Waals surface area contributed by atoms with Gasteiger partial charge in [0.05, 0.1) is 7.11 Å². The molecule has 2 unspecified atom stereocenters. The maximum atomic E-state index is 12.2. The van der Waals surface area contributed by atoms with E-state index in [4.69, 9.17) is 4.74 Å². The number of carbonyl (C=O) groups is 1. The van der Waals surface area contributed by atoms with Crippen molar-refractivity contribution in [2.45, 2.75) is 65.3 Å². The van der Waals surface area contributed by atoms with Crippen LogP contribution in [0.15, 0.2) is 0 Å². The van der Waals surface area contributed by atoms with Gasteiger partial charge < -0.3 is 10.1 Å². The molecule has 1 rings (SSSR count). The van der Waals surface area contributed by atoms with Gasteiger partial charge in [0.25, 0.3) is 0 Å². The predicted octanol–water partition coefficient (Wildman–Crippen LogP) is 3.38. The van der Waals surface area contributed by atoms with Crippen LogP contribution in [0.25, 0.3) is 0 Å². The van der Waals surface area contributed by atoms with Crippen LogP contribution in [0.2, 0.25) is 0 Å². The highest BCUT2D eigenvalue weighted by Gasteiger charge is 2.41. The van der Waals surface area contributed by atoms with Crippen LogP contribution in [0, 0.1) is 17.8 Å². The fourth-order valence-electron chi connectivity index (χ4n) is 3.08. The Hall–Kier alpha value is -0.570. The molecule has 3 nitrogen and oxygen atoms in total. The van der Waals surface area contributed by atoms with E-state index in [0.717, 1.165) is 38.1 Å². The summed E-state index contributed by atoms with van der Waals surface area (Å²) in [6.45, 7) is 9.80. The van der Waals surface area contributed by atoms with E-state index in [2.05, 4.69) is 33.0 Å². The second-order valence-corrected chi connectivity index (χ2v) is 6.78. The fraction of sp³-hybridized carbons (Fsp3) is 0.938. The smallest absolute Gasteiger partial charge is 0.326 e. The van der Waals surface area contributed by atoms with Gasteiger partial charge in [-0.15, -0.1) is 0 Å². The van der Waals surface area contributed by atoms with Crippen molar-refractivity contribution in [1.82, 2.24) is 5.32 Å². The maximum Gasteiger partial charge on any atom is 0.326 e. The molecule has 0 spiro atoms. The molecule has 0 amide bonds. The monoisotopic (exact) mass is 269 g/mol. The summed E-state index contributed by atoms with van der Waals surface area (Å²) >= 11 is 0. The van der Waals surface area contributed by atoms with Gasteiger partial charge in [0, 0.05) is 0 Å². The third-order valence-corrected chi connectivity index (χ3v) is 4.49. The number of nitrogens with one attached hydrogen (secondary N) is 1. The second-order valence-electron chi connectivity index (χ2n) is 6.78. The topological polar surface area (TPSA) is 38.3 Å². The molecule has 1 fully saturated rings. The third kappa shape index (κ3) is 4.48. The van der Waals surface area contributed by atoms with Crippen molar-refractivity contribution in [2.24, 2.45) is 17.8 Å². The zero-order valence-corrected chi connectivity index (χ0v) is 13.3. The average molecular weight is 269 g/mol. The molecule has 3 heteroatoms. The van der Waals surface area contributed by atoms with Gasteiger partial charge in [0.15, 0.2) is 0 Å². The Bertz CT molecular complexity index is 288. The first-order valence-electron chi connectivity index (χ1n) is 7.74. The minimum atomic E-state index is -0.442. The Morgan fingerprint density at radius 2 is 1.95 bits per heavy atom. The van der Waals surface area contributed by atoms with E-state index in [1.807, 2.05) is 0 Å². The van der Waals surface area contributed by atoms with E-state index >= 15 is 0 Å². The molecule has 2 atom stereocenters. The fourth-order valence-corrected chi connectivity index (χ4v) is 3.08. The molecule has 1 aliphatic rings. The summed E-state index contributed by atoms with van der Waals surface area (Å²) in [5, 5.41) is 3.51. The summed E-state index contributed by atoms with van der Waals surface area (Å²) in [4.78, 5) is 12.2. The van der Waals surface area contributed by atoms with Crippen LogP contribution in [-0.2, 0) is 9.53 Å². The molecule has 112 valence electrons. The number of carbonyl (C=O) groups excluding carboxylic acids is 1. The molecule has 0 bridgehead atoms. The van der Waals surface area contributed by atoms with Crippen LogP contribution >= 0.6 is 0 Å². The summed E-state index contributed by atoms with van der Waals surface area (Å²) in [6.07, 6.45) is 5.30. The lowest BCUT2D eigenvalue weighted by Gasteiger charge is -2.32. The molecular weight excluding hydrogens is 238 g/mol. The van der Waals surface area contributed by atoms with E-state index in [0.29, 0.717) is 11.8 Å². The first-order valence-corrected chi connectivity index (χ1v) is 7.74. The summed E-state index contributed by atoms with van der Waals surface area (Å²) in [6, 6.07) is 0. The summed E-state index contributed by atoms with van der Waals surface area (Å²) in [5.41, 5.74) is -0.442. The van der Waals surface area contributed by atoms with Crippen molar-refractivity contribution < 1.29 is 9.53 Å². The molecule has 0 aromatic rings. The Morgan fingerprint density at radius 1 is 1.26 bits per heavy atom. The molecule has 0 aromatic carbocycles. The summed E-state index contributed by atoms with van der Waals surface area (Å²) < 4.78 is 5.08. The minimum absolute atomic E-state index is 0.0717. The maximum absolute atomic E-state index is 12.2. The number of hydrogen-bond donors (Lipinski definition) is 1.